The summed E-state index contributed by atoms with van der Waals surface area (Å²) in [5, 5.41) is 3.86. The summed E-state index contributed by atoms with van der Waals surface area (Å²) in [5.41, 5.74) is 5.52. The Morgan fingerprint density at radius 1 is 1.35 bits per heavy atom. The summed E-state index contributed by atoms with van der Waals surface area (Å²) < 4.78 is 27.8. The average molecular weight is 253 g/mol. The largest absolute Gasteiger partial charge is 0.383 e. The van der Waals surface area contributed by atoms with Crippen molar-refractivity contribution in [3.05, 3.63) is 30.6 Å². The number of nitrogens with zero attached hydrogens (tertiary/aromatic N) is 3. The predicted octanol–water partition coefficient (Wildman–Crippen LogP) is 0.198. The molecular weight excluding hydrogens is 242 g/mol. The van der Waals surface area contributed by atoms with Gasteiger partial charge in [-0.2, -0.15) is 5.10 Å². The monoisotopic (exact) mass is 253 g/mol. The Bertz CT molecular complexity index is 634. The number of nitrogens with two attached hydrogens (primary N) is 1. The van der Waals surface area contributed by atoms with Gasteiger partial charge < -0.3 is 5.73 Å². The van der Waals surface area contributed by atoms with Crippen LogP contribution in [-0.2, 0) is 17.1 Å². The molecule has 0 bridgehead atoms. The van der Waals surface area contributed by atoms with Gasteiger partial charge in [0, 0.05) is 19.3 Å². The first kappa shape index (κ1) is 11.4. The summed E-state index contributed by atoms with van der Waals surface area (Å²) >= 11 is 0. The third-order valence-corrected chi connectivity index (χ3v) is 3.55. The third-order valence-electron chi connectivity index (χ3n) is 2.15. The van der Waals surface area contributed by atoms with Gasteiger partial charge in [0.25, 0.3) is 10.0 Å². The SMILES string of the molecule is Cn1nccc1NS(=O)(=O)c1cccnc1N. The van der Waals surface area contributed by atoms with Gasteiger partial charge in [-0.15, -0.1) is 0 Å². The lowest BCUT2D eigenvalue weighted by atomic mass is 10.5. The molecule has 2 rings (SSSR count). The lowest BCUT2D eigenvalue weighted by Gasteiger charge is -2.08. The van der Waals surface area contributed by atoms with E-state index < -0.39 is 10.0 Å². The molecule has 0 aromatic carbocycles. The van der Waals surface area contributed by atoms with Crippen LogP contribution in [0.25, 0.3) is 0 Å². The van der Waals surface area contributed by atoms with Gasteiger partial charge in [-0.1, -0.05) is 0 Å². The molecule has 8 heteroatoms. The molecule has 0 saturated carbocycles. The van der Waals surface area contributed by atoms with Crippen molar-refractivity contribution in [2.45, 2.75) is 4.90 Å². The zero-order valence-electron chi connectivity index (χ0n) is 9.03. The zero-order valence-corrected chi connectivity index (χ0v) is 9.85. The van der Waals surface area contributed by atoms with E-state index in [9.17, 15) is 8.42 Å². The van der Waals surface area contributed by atoms with Gasteiger partial charge in [0.05, 0.1) is 6.20 Å². The molecule has 2 aromatic heterocycles. The Morgan fingerprint density at radius 2 is 2.12 bits per heavy atom. The van der Waals surface area contributed by atoms with E-state index in [0.29, 0.717) is 5.82 Å². The van der Waals surface area contributed by atoms with E-state index in [1.54, 1.807) is 13.1 Å². The standard InChI is InChI=1S/C9H11N5O2S/c1-14-8(4-6-12-14)13-17(15,16)7-3-2-5-11-9(7)10/h2-6,13H,1H3,(H2,10,11). The summed E-state index contributed by atoms with van der Waals surface area (Å²) in [6.45, 7) is 0. The fourth-order valence-corrected chi connectivity index (χ4v) is 2.47. The second-order valence-corrected chi connectivity index (χ2v) is 4.98. The van der Waals surface area contributed by atoms with Crippen LogP contribution in [0.15, 0.2) is 35.5 Å². The molecule has 2 heterocycles. The number of nitrogen functional groups attached to an aromatic ring is 1. The second-order valence-electron chi connectivity index (χ2n) is 3.33. The Kier molecular flexibility index (Phi) is 2.72. The number of rotatable bonds is 3. The minimum atomic E-state index is -3.73. The Morgan fingerprint density at radius 3 is 2.71 bits per heavy atom. The van der Waals surface area contributed by atoms with E-state index in [1.807, 2.05) is 0 Å². The van der Waals surface area contributed by atoms with Crippen molar-refractivity contribution in [2.75, 3.05) is 10.5 Å². The van der Waals surface area contributed by atoms with Gasteiger partial charge in [0.15, 0.2) is 0 Å². The highest BCUT2D eigenvalue weighted by Gasteiger charge is 2.18. The number of aryl methyl sites for hydroxylation is 1. The van der Waals surface area contributed by atoms with Crippen LogP contribution in [-0.4, -0.2) is 23.2 Å². The summed E-state index contributed by atoms with van der Waals surface area (Å²) in [6, 6.07) is 4.44. The molecule has 0 aliphatic carbocycles. The molecule has 0 aliphatic heterocycles. The molecule has 7 nitrogen and oxygen atoms in total. The fourth-order valence-electron chi connectivity index (χ4n) is 1.30. The highest BCUT2D eigenvalue weighted by molar-refractivity contribution is 7.92. The molecule has 0 fully saturated rings. The highest BCUT2D eigenvalue weighted by atomic mass is 32.2. The van der Waals surface area contributed by atoms with Crippen LogP contribution < -0.4 is 10.5 Å². The lowest BCUT2D eigenvalue weighted by Crippen LogP contribution is -2.17. The van der Waals surface area contributed by atoms with E-state index in [1.165, 1.54) is 29.2 Å². The zero-order chi connectivity index (χ0) is 12.5. The molecule has 0 unspecified atom stereocenters. The number of pyridine rings is 1. The van der Waals surface area contributed by atoms with Gasteiger partial charge >= 0.3 is 0 Å². The van der Waals surface area contributed by atoms with E-state index in [2.05, 4.69) is 14.8 Å². The maximum absolute atomic E-state index is 12.0. The number of hydrogen-bond acceptors (Lipinski definition) is 5. The molecule has 0 atom stereocenters. The molecular formula is C9H11N5O2S. The number of sulfonamides is 1. The predicted molar refractivity (Wildman–Crippen MR) is 62.7 cm³/mol. The normalized spacial score (nSPS) is 11.4. The minimum absolute atomic E-state index is 0.0397. The lowest BCUT2D eigenvalue weighted by molar-refractivity contribution is 0.600. The van der Waals surface area contributed by atoms with Gasteiger partial charge in [0.2, 0.25) is 0 Å². The number of hydrogen-bond donors (Lipinski definition) is 2. The van der Waals surface area contributed by atoms with Gasteiger partial charge in [-0.25, -0.2) is 13.4 Å². The summed E-state index contributed by atoms with van der Waals surface area (Å²) in [6.07, 6.45) is 2.92. The van der Waals surface area contributed by atoms with E-state index in [4.69, 9.17) is 5.73 Å². The maximum Gasteiger partial charge on any atom is 0.266 e. The average Bonchev–Trinajstić information content (AvgIpc) is 2.64. The van der Waals surface area contributed by atoms with Gasteiger partial charge in [0.1, 0.15) is 16.5 Å². The van der Waals surface area contributed by atoms with E-state index in [-0.39, 0.29) is 10.7 Å². The molecule has 0 aliphatic rings. The van der Waals surface area contributed by atoms with Crippen molar-refractivity contribution in [1.29, 1.82) is 0 Å². The molecule has 2 aromatic rings. The van der Waals surface area contributed by atoms with Crippen LogP contribution in [0.3, 0.4) is 0 Å². The van der Waals surface area contributed by atoms with Crippen molar-refractivity contribution in [1.82, 2.24) is 14.8 Å². The van der Waals surface area contributed by atoms with Crippen molar-refractivity contribution >= 4 is 21.7 Å². The summed E-state index contributed by atoms with van der Waals surface area (Å²) in [7, 11) is -2.11. The Hall–Kier alpha value is -2.09. The first-order chi connectivity index (χ1) is 8.00. The Balaban J connectivity index is 2.39. The van der Waals surface area contributed by atoms with Crippen LogP contribution in [0, 0.1) is 0 Å². The molecule has 3 N–H and O–H groups in total. The molecule has 0 radical (unpaired) electrons. The van der Waals surface area contributed by atoms with E-state index >= 15 is 0 Å². The molecule has 17 heavy (non-hydrogen) atoms. The quantitative estimate of drug-likeness (QED) is 0.813. The number of aromatic nitrogens is 3. The Labute approximate surface area is 98.3 Å². The number of anilines is 2. The smallest absolute Gasteiger partial charge is 0.266 e. The highest BCUT2D eigenvalue weighted by Crippen LogP contribution is 2.18. The summed E-state index contributed by atoms with van der Waals surface area (Å²) in [5.74, 6) is 0.315. The van der Waals surface area contributed by atoms with Gasteiger partial charge in [-0.05, 0) is 12.1 Å². The van der Waals surface area contributed by atoms with Crippen LogP contribution in [0.2, 0.25) is 0 Å². The van der Waals surface area contributed by atoms with Gasteiger partial charge in [-0.3, -0.25) is 9.40 Å². The fraction of sp³-hybridized carbons (Fsp3) is 0.111. The topological polar surface area (TPSA) is 103 Å². The third kappa shape index (κ3) is 2.21. The maximum atomic E-state index is 12.0. The molecule has 0 spiro atoms. The number of nitrogens with one attached hydrogen (secondary N) is 1. The van der Waals surface area contributed by atoms with E-state index in [0.717, 1.165) is 0 Å². The van der Waals surface area contributed by atoms with Crippen LogP contribution in [0.5, 0.6) is 0 Å². The molecule has 90 valence electrons. The van der Waals surface area contributed by atoms with Crippen LogP contribution in [0.4, 0.5) is 11.6 Å². The summed E-state index contributed by atoms with van der Waals surface area (Å²) in [4.78, 5) is 3.68. The first-order valence-electron chi connectivity index (χ1n) is 4.72. The van der Waals surface area contributed by atoms with Crippen molar-refractivity contribution < 1.29 is 8.42 Å². The van der Waals surface area contributed by atoms with Crippen molar-refractivity contribution in [3.63, 3.8) is 0 Å². The van der Waals surface area contributed by atoms with Crippen molar-refractivity contribution in [3.8, 4) is 0 Å². The first-order valence-corrected chi connectivity index (χ1v) is 6.20. The minimum Gasteiger partial charge on any atom is -0.383 e. The van der Waals surface area contributed by atoms with Crippen molar-refractivity contribution in [2.24, 2.45) is 7.05 Å². The van der Waals surface area contributed by atoms with Crippen LogP contribution in [0.1, 0.15) is 0 Å². The molecule has 0 amide bonds. The molecule has 0 saturated heterocycles. The second kappa shape index (κ2) is 4.06. The van der Waals surface area contributed by atoms with Crippen LogP contribution >= 0.6 is 0 Å².